The van der Waals surface area contributed by atoms with Crippen LogP contribution in [0.2, 0.25) is 5.02 Å². The van der Waals surface area contributed by atoms with Crippen molar-refractivity contribution in [2.45, 2.75) is 6.92 Å². The van der Waals surface area contributed by atoms with Crippen LogP contribution < -0.4 is 5.32 Å². The van der Waals surface area contributed by atoms with Crippen LogP contribution in [0.25, 0.3) is 0 Å². The predicted molar refractivity (Wildman–Crippen MR) is 75.3 cm³/mol. The molecule has 0 saturated carbocycles. The molecular formula is C14H15ClN2O2. The number of fused-ring (bicyclic) bond motifs is 1. The number of Topliss-reactive ketones (excluding diaryl/α,β-unsaturated/α-hetero) is 1. The van der Waals surface area contributed by atoms with Gasteiger partial charge in [-0.15, -0.1) is 0 Å². The van der Waals surface area contributed by atoms with Gasteiger partial charge in [-0.2, -0.15) is 0 Å². The second kappa shape index (κ2) is 5.05. The summed E-state index contributed by atoms with van der Waals surface area (Å²) in [6.07, 6.45) is 1.69. The largest absolute Gasteiger partial charge is 0.383 e. The predicted octanol–water partition coefficient (Wildman–Crippen LogP) is 2.56. The van der Waals surface area contributed by atoms with Crippen molar-refractivity contribution in [3.8, 4) is 0 Å². The highest BCUT2D eigenvalue weighted by atomic mass is 35.5. The van der Waals surface area contributed by atoms with E-state index in [9.17, 15) is 9.59 Å². The van der Waals surface area contributed by atoms with Crippen molar-refractivity contribution in [2.24, 2.45) is 5.92 Å². The molecule has 1 aliphatic heterocycles. The zero-order chi connectivity index (χ0) is 14.2. The highest BCUT2D eigenvalue weighted by molar-refractivity contribution is 6.31. The maximum absolute atomic E-state index is 12.5. The van der Waals surface area contributed by atoms with E-state index in [4.69, 9.17) is 11.6 Å². The van der Waals surface area contributed by atoms with Crippen molar-refractivity contribution in [3.63, 3.8) is 0 Å². The summed E-state index contributed by atoms with van der Waals surface area (Å²) >= 11 is 5.90. The van der Waals surface area contributed by atoms with Crippen molar-refractivity contribution in [3.05, 3.63) is 40.6 Å². The molecule has 1 heterocycles. The van der Waals surface area contributed by atoms with Crippen molar-refractivity contribution >= 4 is 29.0 Å². The topological polar surface area (TPSA) is 49.4 Å². The number of anilines is 1. The molecule has 0 unspecified atom stereocenters. The van der Waals surface area contributed by atoms with E-state index in [1.165, 1.54) is 0 Å². The normalized spacial score (nSPS) is 20.8. The summed E-state index contributed by atoms with van der Waals surface area (Å²) in [5.41, 5.74) is 1.41. The maximum atomic E-state index is 12.5. The molecule has 1 aromatic carbocycles. The van der Waals surface area contributed by atoms with Crippen LogP contribution in [-0.4, -0.2) is 30.7 Å². The number of rotatable bonds is 1. The first-order valence-electron chi connectivity index (χ1n) is 5.93. The molecule has 1 atom stereocenters. The van der Waals surface area contributed by atoms with Gasteiger partial charge >= 0.3 is 0 Å². The molecule has 1 aromatic rings. The summed E-state index contributed by atoms with van der Waals surface area (Å²) in [4.78, 5) is 26.3. The van der Waals surface area contributed by atoms with Gasteiger partial charge in [-0.1, -0.05) is 11.6 Å². The molecular weight excluding hydrogens is 264 g/mol. The molecule has 0 saturated heterocycles. The minimum atomic E-state index is -0.499. The number of amides is 1. The zero-order valence-corrected chi connectivity index (χ0v) is 11.8. The lowest BCUT2D eigenvalue weighted by Crippen LogP contribution is -2.22. The van der Waals surface area contributed by atoms with Crippen molar-refractivity contribution in [2.75, 3.05) is 19.4 Å². The molecule has 1 N–H and O–H groups in total. The van der Waals surface area contributed by atoms with Crippen LogP contribution in [-0.2, 0) is 4.79 Å². The number of ketones is 1. The third-order valence-electron chi connectivity index (χ3n) is 3.00. The number of nitrogens with one attached hydrogen (secondary N) is 1. The smallest absolute Gasteiger partial charge is 0.231 e. The SMILES string of the molecule is C[C@H]1C(=O)Nc2cc(Cl)ccc2C(=O)/C1=C\N(C)C. The van der Waals surface area contributed by atoms with Crippen LogP contribution >= 0.6 is 11.6 Å². The van der Waals surface area contributed by atoms with Gasteiger partial charge in [0.05, 0.1) is 11.6 Å². The summed E-state index contributed by atoms with van der Waals surface area (Å²) in [5.74, 6) is -0.852. The summed E-state index contributed by atoms with van der Waals surface area (Å²) in [7, 11) is 3.64. The molecule has 0 bridgehead atoms. The Labute approximate surface area is 117 Å². The molecule has 0 aromatic heterocycles. The van der Waals surface area contributed by atoms with E-state index >= 15 is 0 Å². The standard InChI is InChI=1S/C14H15ClN2O2/c1-8-11(7-17(2)3)13(18)10-5-4-9(15)6-12(10)16-14(8)19/h4-8H,1-3H3,(H,16,19)/b11-7-/t8-/m1/s1. The van der Waals surface area contributed by atoms with Gasteiger partial charge in [-0.05, 0) is 25.1 Å². The first-order chi connectivity index (χ1) is 8.90. The molecule has 2 rings (SSSR count). The van der Waals surface area contributed by atoms with Crippen molar-refractivity contribution < 1.29 is 9.59 Å². The number of hydrogen-bond donors (Lipinski definition) is 1. The highest BCUT2D eigenvalue weighted by Gasteiger charge is 2.30. The first kappa shape index (κ1) is 13.6. The van der Waals surface area contributed by atoms with Gasteiger partial charge in [0.1, 0.15) is 0 Å². The second-order valence-corrected chi connectivity index (χ2v) is 5.21. The number of hydrogen-bond acceptors (Lipinski definition) is 3. The Morgan fingerprint density at radius 3 is 2.63 bits per heavy atom. The lowest BCUT2D eigenvalue weighted by atomic mass is 9.94. The van der Waals surface area contributed by atoms with E-state index in [1.54, 1.807) is 36.2 Å². The van der Waals surface area contributed by atoms with E-state index < -0.39 is 5.92 Å². The molecule has 0 radical (unpaired) electrons. The van der Waals surface area contributed by atoms with Crippen molar-refractivity contribution in [1.29, 1.82) is 0 Å². The third-order valence-corrected chi connectivity index (χ3v) is 3.24. The number of carbonyl (C=O) groups is 2. The Morgan fingerprint density at radius 1 is 1.32 bits per heavy atom. The molecule has 0 spiro atoms. The van der Waals surface area contributed by atoms with Gasteiger partial charge < -0.3 is 10.2 Å². The summed E-state index contributed by atoms with van der Waals surface area (Å²) in [6.45, 7) is 1.72. The number of nitrogens with zero attached hydrogens (tertiary/aromatic N) is 1. The lowest BCUT2D eigenvalue weighted by Gasteiger charge is -2.13. The maximum Gasteiger partial charge on any atom is 0.231 e. The Kier molecular flexibility index (Phi) is 3.62. The number of carbonyl (C=O) groups excluding carboxylic acids is 2. The minimum absolute atomic E-state index is 0.147. The Balaban J connectivity index is 2.59. The first-order valence-corrected chi connectivity index (χ1v) is 6.31. The quantitative estimate of drug-likeness (QED) is 0.803. The van der Waals surface area contributed by atoms with Gasteiger partial charge in [-0.25, -0.2) is 0 Å². The monoisotopic (exact) mass is 278 g/mol. The fourth-order valence-electron chi connectivity index (χ4n) is 2.00. The van der Waals surface area contributed by atoms with Crippen LogP contribution in [0, 0.1) is 5.92 Å². The average Bonchev–Trinajstić information content (AvgIpc) is 2.40. The summed E-state index contributed by atoms with van der Waals surface area (Å²) in [5, 5.41) is 3.23. The van der Waals surface area contributed by atoms with Gasteiger partial charge in [0.15, 0.2) is 5.78 Å². The molecule has 100 valence electrons. The molecule has 1 aliphatic rings. The number of halogens is 1. The van der Waals surface area contributed by atoms with E-state index in [-0.39, 0.29) is 11.7 Å². The fourth-order valence-corrected chi connectivity index (χ4v) is 2.17. The third kappa shape index (κ3) is 2.63. The van der Waals surface area contributed by atoms with Crippen LogP contribution in [0.5, 0.6) is 0 Å². The molecule has 0 fully saturated rings. The Morgan fingerprint density at radius 2 is 2.00 bits per heavy atom. The highest BCUT2D eigenvalue weighted by Crippen LogP contribution is 2.30. The van der Waals surface area contributed by atoms with E-state index in [0.29, 0.717) is 21.8 Å². The van der Waals surface area contributed by atoms with E-state index in [1.807, 2.05) is 14.1 Å². The molecule has 19 heavy (non-hydrogen) atoms. The van der Waals surface area contributed by atoms with Crippen LogP contribution in [0.15, 0.2) is 30.0 Å². The Hall–Kier alpha value is -1.81. The van der Waals surface area contributed by atoms with Gasteiger partial charge in [0.25, 0.3) is 0 Å². The summed E-state index contributed by atoms with van der Waals surface area (Å²) in [6, 6.07) is 4.88. The van der Waals surface area contributed by atoms with Crippen LogP contribution in [0.1, 0.15) is 17.3 Å². The second-order valence-electron chi connectivity index (χ2n) is 4.78. The van der Waals surface area contributed by atoms with Gasteiger partial charge in [0.2, 0.25) is 5.91 Å². The fraction of sp³-hybridized carbons (Fsp3) is 0.286. The van der Waals surface area contributed by atoms with Crippen molar-refractivity contribution in [1.82, 2.24) is 4.90 Å². The lowest BCUT2D eigenvalue weighted by molar-refractivity contribution is -0.118. The number of benzene rings is 1. The van der Waals surface area contributed by atoms with E-state index in [2.05, 4.69) is 5.32 Å². The van der Waals surface area contributed by atoms with E-state index in [0.717, 1.165) is 0 Å². The molecule has 5 heteroatoms. The van der Waals surface area contributed by atoms with Gasteiger partial charge in [-0.3, -0.25) is 9.59 Å². The van der Waals surface area contributed by atoms with Gasteiger partial charge in [0, 0.05) is 36.5 Å². The summed E-state index contributed by atoms with van der Waals surface area (Å²) < 4.78 is 0. The van der Waals surface area contributed by atoms with Crippen LogP contribution in [0.4, 0.5) is 5.69 Å². The Bertz CT molecular complexity index is 579. The molecule has 4 nitrogen and oxygen atoms in total. The molecule has 1 amide bonds. The molecule has 0 aliphatic carbocycles. The average molecular weight is 279 g/mol. The minimum Gasteiger partial charge on any atom is -0.383 e. The van der Waals surface area contributed by atoms with Crippen LogP contribution in [0.3, 0.4) is 0 Å². The zero-order valence-electron chi connectivity index (χ0n) is 11.0.